The summed E-state index contributed by atoms with van der Waals surface area (Å²) >= 11 is 0. The molecule has 0 radical (unpaired) electrons. The Labute approximate surface area is 170 Å². The molecule has 0 spiro atoms. The predicted octanol–water partition coefficient (Wildman–Crippen LogP) is 2.69. The molecule has 29 heavy (non-hydrogen) atoms. The van der Waals surface area contributed by atoms with Crippen molar-refractivity contribution < 1.29 is 24.9 Å². The molecule has 1 unspecified atom stereocenters. The number of carbonyl (C=O) groups is 1. The fourth-order valence-corrected chi connectivity index (χ4v) is 3.70. The number of amides is 1. The minimum atomic E-state index is -0.938. The SMILES string of the molecule is Cc1cc(O)cc(C)c1CC(C)(C)NCC(O)c1cc(O)cc2c1OCC(=O)N2. The van der Waals surface area contributed by atoms with Gasteiger partial charge in [-0.2, -0.15) is 0 Å². The summed E-state index contributed by atoms with van der Waals surface area (Å²) in [6, 6.07) is 6.34. The van der Waals surface area contributed by atoms with Crippen LogP contribution in [0.5, 0.6) is 17.2 Å². The normalized spacial score (nSPS) is 14.7. The lowest BCUT2D eigenvalue weighted by molar-refractivity contribution is -0.118. The van der Waals surface area contributed by atoms with Gasteiger partial charge in [-0.15, -0.1) is 0 Å². The summed E-state index contributed by atoms with van der Waals surface area (Å²) in [4.78, 5) is 11.5. The monoisotopic (exact) mass is 400 g/mol. The highest BCUT2D eigenvalue weighted by atomic mass is 16.5. The van der Waals surface area contributed by atoms with Crippen LogP contribution in [0.4, 0.5) is 5.69 Å². The third-order valence-electron chi connectivity index (χ3n) is 5.16. The van der Waals surface area contributed by atoms with Crippen LogP contribution in [0.2, 0.25) is 0 Å². The van der Waals surface area contributed by atoms with Gasteiger partial charge in [0, 0.05) is 23.7 Å². The van der Waals surface area contributed by atoms with Gasteiger partial charge in [0.15, 0.2) is 6.61 Å². The summed E-state index contributed by atoms with van der Waals surface area (Å²) in [5, 5.41) is 36.5. The zero-order valence-electron chi connectivity index (χ0n) is 17.2. The molecule has 0 aromatic heterocycles. The number of anilines is 1. The van der Waals surface area contributed by atoms with E-state index in [1.165, 1.54) is 12.1 Å². The molecule has 7 heteroatoms. The van der Waals surface area contributed by atoms with Gasteiger partial charge in [-0.3, -0.25) is 4.79 Å². The molecule has 2 aromatic carbocycles. The number of β-amino-alcohol motifs (C(OH)–C–C–N with tert-alkyl or cyclic N) is 1. The van der Waals surface area contributed by atoms with Crippen molar-refractivity contribution in [3.05, 3.63) is 46.5 Å². The summed E-state index contributed by atoms with van der Waals surface area (Å²) in [6.45, 7) is 8.13. The van der Waals surface area contributed by atoms with Gasteiger partial charge in [-0.05, 0) is 69.0 Å². The Kier molecular flexibility index (Phi) is 5.73. The summed E-state index contributed by atoms with van der Waals surface area (Å²) in [6.07, 6.45) is -0.227. The molecule has 156 valence electrons. The zero-order valence-corrected chi connectivity index (χ0v) is 17.2. The first-order valence-electron chi connectivity index (χ1n) is 9.57. The summed E-state index contributed by atoms with van der Waals surface area (Å²) in [7, 11) is 0. The molecule has 2 aromatic rings. The third kappa shape index (κ3) is 4.81. The molecule has 0 fully saturated rings. The van der Waals surface area contributed by atoms with Gasteiger partial charge in [-0.1, -0.05) is 0 Å². The molecule has 5 N–H and O–H groups in total. The Morgan fingerprint density at radius 1 is 1.14 bits per heavy atom. The Bertz CT molecular complexity index is 916. The van der Waals surface area contributed by atoms with E-state index >= 15 is 0 Å². The minimum absolute atomic E-state index is 0.0572. The highest BCUT2D eigenvalue weighted by Gasteiger charge is 2.26. The lowest BCUT2D eigenvalue weighted by Crippen LogP contribution is -2.43. The molecule has 1 amide bonds. The molecular weight excluding hydrogens is 372 g/mol. The molecule has 0 saturated carbocycles. The molecular formula is C22H28N2O5. The largest absolute Gasteiger partial charge is 0.508 e. The fraction of sp³-hybridized carbons (Fsp3) is 0.409. The lowest BCUT2D eigenvalue weighted by atomic mass is 9.89. The zero-order chi connectivity index (χ0) is 21.3. The highest BCUT2D eigenvalue weighted by Crippen LogP contribution is 2.38. The quantitative estimate of drug-likeness (QED) is 0.510. The number of fused-ring (bicyclic) bond motifs is 1. The van der Waals surface area contributed by atoms with E-state index in [4.69, 9.17) is 4.74 Å². The number of aromatic hydroxyl groups is 2. The van der Waals surface area contributed by atoms with Crippen molar-refractivity contribution in [2.75, 3.05) is 18.5 Å². The first-order chi connectivity index (χ1) is 13.6. The number of hydrogen-bond acceptors (Lipinski definition) is 6. The van der Waals surface area contributed by atoms with Crippen LogP contribution in [0.15, 0.2) is 24.3 Å². The van der Waals surface area contributed by atoms with Crippen LogP contribution >= 0.6 is 0 Å². The maximum atomic E-state index is 11.5. The number of phenols is 2. The number of benzene rings is 2. The van der Waals surface area contributed by atoms with Crippen LogP contribution in [0.1, 0.15) is 42.2 Å². The molecule has 7 nitrogen and oxygen atoms in total. The topological polar surface area (TPSA) is 111 Å². The van der Waals surface area contributed by atoms with E-state index in [9.17, 15) is 20.1 Å². The standard InChI is InChI=1S/C22H28N2O5/c1-12-5-14(25)6-13(2)17(12)9-22(3,4)23-10-19(27)16-7-15(26)8-18-21(16)29-11-20(28)24-18/h5-8,19,23,25-27H,9-11H2,1-4H3,(H,24,28). The second-order valence-corrected chi connectivity index (χ2v) is 8.26. The molecule has 1 atom stereocenters. The van der Waals surface area contributed by atoms with Gasteiger partial charge in [-0.25, -0.2) is 0 Å². The summed E-state index contributed by atoms with van der Waals surface area (Å²) in [5.41, 5.74) is 3.62. The van der Waals surface area contributed by atoms with Crippen molar-refractivity contribution >= 4 is 11.6 Å². The summed E-state index contributed by atoms with van der Waals surface area (Å²) in [5.74, 6) is 0.269. The Hall–Kier alpha value is -2.77. The van der Waals surface area contributed by atoms with Crippen molar-refractivity contribution in [3.63, 3.8) is 0 Å². The smallest absolute Gasteiger partial charge is 0.262 e. The van der Waals surface area contributed by atoms with Crippen LogP contribution in [0.3, 0.4) is 0 Å². The molecule has 1 aliphatic rings. The minimum Gasteiger partial charge on any atom is -0.508 e. The van der Waals surface area contributed by atoms with Gasteiger partial charge >= 0.3 is 0 Å². The van der Waals surface area contributed by atoms with Crippen molar-refractivity contribution in [2.45, 2.75) is 45.8 Å². The summed E-state index contributed by atoms with van der Waals surface area (Å²) < 4.78 is 5.48. The van der Waals surface area contributed by atoms with Gasteiger partial charge in [0.2, 0.25) is 0 Å². The third-order valence-corrected chi connectivity index (χ3v) is 5.16. The Morgan fingerprint density at radius 2 is 1.76 bits per heavy atom. The second kappa shape index (κ2) is 7.93. The number of carbonyl (C=O) groups excluding carboxylic acids is 1. The van der Waals surface area contributed by atoms with Crippen LogP contribution in [-0.2, 0) is 11.2 Å². The van der Waals surface area contributed by atoms with Crippen molar-refractivity contribution in [1.29, 1.82) is 0 Å². The fourth-order valence-electron chi connectivity index (χ4n) is 3.70. The molecule has 0 aliphatic carbocycles. The van der Waals surface area contributed by atoms with E-state index in [-0.39, 0.29) is 36.1 Å². The van der Waals surface area contributed by atoms with E-state index in [0.29, 0.717) is 23.4 Å². The van der Waals surface area contributed by atoms with E-state index in [1.54, 1.807) is 12.1 Å². The Balaban J connectivity index is 1.74. The predicted molar refractivity (Wildman–Crippen MR) is 111 cm³/mol. The van der Waals surface area contributed by atoms with Crippen molar-refractivity contribution in [3.8, 4) is 17.2 Å². The van der Waals surface area contributed by atoms with Crippen LogP contribution in [-0.4, -0.2) is 39.9 Å². The lowest BCUT2D eigenvalue weighted by Gasteiger charge is -2.30. The van der Waals surface area contributed by atoms with Crippen molar-refractivity contribution in [1.82, 2.24) is 5.32 Å². The van der Waals surface area contributed by atoms with E-state index < -0.39 is 6.10 Å². The number of phenolic OH excluding ortho intramolecular Hbond substituents is 2. The van der Waals surface area contributed by atoms with Crippen molar-refractivity contribution in [2.24, 2.45) is 0 Å². The van der Waals surface area contributed by atoms with Crippen LogP contribution in [0.25, 0.3) is 0 Å². The number of rotatable bonds is 6. The number of hydrogen-bond donors (Lipinski definition) is 5. The van der Waals surface area contributed by atoms with Gasteiger partial charge in [0.25, 0.3) is 5.91 Å². The van der Waals surface area contributed by atoms with Gasteiger partial charge in [0.1, 0.15) is 17.2 Å². The number of aliphatic hydroxyl groups is 1. The second-order valence-electron chi connectivity index (χ2n) is 8.26. The maximum absolute atomic E-state index is 11.5. The Morgan fingerprint density at radius 3 is 2.41 bits per heavy atom. The number of aryl methyl sites for hydroxylation is 2. The van der Waals surface area contributed by atoms with E-state index in [1.807, 2.05) is 27.7 Å². The van der Waals surface area contributed by atoms with Gasteiger partial charge < -0.3 is 30.7 Å². The molecule has 3 rings (SSSR count). The van der Waals surface area contributed by atoms with Gasteiger partial charge in [0.05, 0.1) is 11.8 Å². The number of ether oxygens (including phenoxy) is 1. The maximum Gasteiger partial charge on any atom is 0.262 e. The van der Waals surface area contributed by atoms with E-state index in [0.717, 1.165) is 16.7 Å². The first-order valence-corrected chi connectivity index (χ1v) is 9.57. The first kappa shape index (κ1) is 21.0. The molecule has 0 bridgehead atoms. The number of aliphatic hydroxyl groups excluding tert-OH is 1. The molecule has 1 aliphatic heterocycles. The van der Waals surface area contributed by atoms with E-state index in [2.05, 4.69) is 10.6 Å². The van der Waals surface area contributed by atoms with Crippen LogP contribution < -0.4 is 15.4 Å². The molecule has 1 heterocycles. The average molecular weight is 400 g/mol. The van der Waals surface area contributed by atoms with Crippen LogP contribution in [0, 0.1) is 13.8 Å². The highest BCUT2D eigenvalue weighted by molar-refractivity contribution is 5.96. The number of nitrogens with one attached hydrogen (secondary N) is 2. The molecule has 0 saturated heterocycles. The average Bonchev–Trinajstić information content (AvgIpc) is 2.61.